The zero-order valence-electron chi connectivity index (χ0n) is 10.8. The lowest BCUT2D eigenvalue weighted by atomic mass is 10.2. The van der Waals surface area contributed by atoms with Gasteiger partial charge in [0.05, 0.1) is 10.2 Å². The van der Waals surface area contributed by atoms with E-state index >= 15 is 0 Å². The Hall–Kier alpha value is -1.87. The van der Waals surface area contributed by atoms with Gasteiger partial charge in [-0.1, -0.05) is 31.2 Å². The molecule has 1 aromatic heterocycles. The Morgan fingerprint density at radius 1 is 1.11 bits per heavy atom. The van der Waals surface area contributed by atoms with Crippen LogP contribution in [0, 0.1) is 0 Å². The number of nitrogens with zero attached hydrogens (tertiary/aromatic N) is 1. The normalized spacial score (nSPS) is 10.8. The molecule has 19 heavy (non-hydrogen) atoms. The van der Waals surface area contributed by atoms with Gasteiger partial charge in [-0.3, -0.25) is 0 Å². The van der Waals surface area contributed by atoms with Crippen molar-refractivity contribution in [3.8, 4) is 5.75 Å². The van der Waals surface area contributed by atoms with Crippen molar-refractivity contribution in [3.05, 3.63) is 59.1 Å². The van der Waals surface area contributed by atoms with Gasteiger partial charge < -0.3 is 4.74 Å². The van der Waals surface area contributed by atoms with Crippen LogP contribution >= 0.6 is 11.3 Å². The van der Waals surface area contributed by atoms with Crippen LogP contribution in [0.2, 0.25) is 0 Å². The molecule has 96 valence electrons. The monoisotopic (exact) mass is 269 g/mol. The molecule has 3 aromatic rings. The topological polar surface area (TPSA) is 22.1 Å². The van der Waals surface area contributed by atoms with E-state index in [1.807, 2.05) is 30.3 Å². The number of thiazole rings is 1. The fraction of sp³-hybridized carbons (Fsp3) is 0.188. The summed E-state index contributed by atoms with van der Waals surface area (Å²) in [5, 5.41) is 1.02. The fourth-order valence-electron chi connectivity index (χ4n) is 1.98. The lowest BCUT2D eigenvalue weighted by Gasteiger charge is -2.05. The molecule has 2 nitrogen and oxygen atoms in total. The number of fused-ring (bicyclic) bond motifs is 1. The first-order valence-corrected chi connectivity index (χ1v) is 7.23. The van der Waals surface area contributed by atoms with E-state index in [0.29, 0.717) is 6.61 Å². The molecular formula is C16H15NOS. The van der Waals surface area contributed by atoms with E-state index < -0.39 is 0 Å². The predicted molar refractivity (Wildman–Crippen MR) is 79.8 cm³/mol. The lowest BCUT2D eigenvalue weighted by Crippen LogP contribution is -1.95. The Balaban J connectivity index is 1.74. The molecule has 0 aliphatic heterocycles. The third kappa shape index (κ3) is 2.76. The van der Waals surface area contributed by atoms with Crippen LogP contribution in [0.15, 0.2) is 48.5 Å². The number of benzene rings is 2. The number of aromatic nitrogens is 1. The SMILES string of the molecule is CCc1cccc(OCc2nc3ccccc3s2)c1. The summed E-state index contributed by atoms with van der Waals surface area (Å²) in [6.07, 6.45) is 1.03. The van der Waals surface area contributed by atoms with Gasteiger partial charge >= 0.3 is 0 Å². The van der Waals surface area contributed by atoms with Crippen molar-refractivity contribution in [2.75, 3.05) is 0 Å². The maximum Gasteiger partial charge on any atom is 0.140 e. The molecule has 1 heterocycles. The smallest absolute Gasteiger partial charge is 0.140 e. The molecular weight excluding hydrogens is 254 g/mol. The van der Waals surface area contributed by atoms with Crippen LogP contribution in [0.25, 0.3) is 10.2 Å². The molecule has 0 aliphatic carbocycles. The van der Waals surface area contributed by atoms with Gasteiger partial charge in [0.15, 0.2) is 0 Å². The van der Waals surface area contributed by atoms with Crippen molar-refractivity contribution in [2.45, 2.75) is 20.0 Å². The van der Waals surface area contributed by atoms with Gasteiger partial charge in [0.25, 0.3) is 0 Å². The molecule has 0 saturated heterocycles. The molecule has 0 radical (unpaired) electrons. The number of ether oxygens (including phenoxy) is 1. The maximum atomic E-state index is 5.81. The molecule has 0 atom stereocenters. The van der Waals surface area contributed by atoms with E-state index in [1.165, 1.54) is 10.3 Å². The van der Waals surface area contributed by atoms with Crippen LogP contribution in [0.3, 0.4) is 0 Å². The summed E-state index contributed by atoms with van der Waals surface area (Å²) in [5.41, 5.74) is 2.34. The molecule has 0 amide bonds. The molecule has 3 rings (SSSR count). The van der Waals surface area contributed by atoms with Gasteiger partial charge in [-0.15, -0.1) is 11.3 Å². The fourth-order valence-corrected chi connectivity index (χ4v) is 2.86. The van der Waals surface area contributed by atoms with Crippen LogP contribution in [0.5, 0.6) is 5.75 Å². The van der Waals surface area contributed by atoms with Gasteiger partial charge in [0.2, 0.25) is 0 Å². The number of hydrogen-bond donors (Lipinski definition) is 0. The number of hydrogen-bond acceptors (Lipinski definition) is 3. The summed E-state index contributed by atoms with van der Waals surface area (Å²) >= 11 is 1.69. The van der Waals surface area contributed by atoms with Gasteiger partial charge in [0, 0.05) is 0 Å². The van der Waals surface area contributed by atoms with Crippen LogP contribution in [0.4, 0.5) is 0 Å². The minimum absolute atomic E-state index is 0.534. The van der Waals surface area contributed by atoms with Crippen molar-refractivity contribution >= 4 is 21.6 Å². The van der Waals surface area contributed by atoms with Gasteiger partial charge in [0.1, 0.15) is 17.4 Å². The van der Waals surface area contributed by atoms with Gasteiger partial charge in [-0.05, 0) is 36.2 Å². The van der Waals surface area contributed by atoms with Crippen LogP contribution < -0.4 is 4.74 Å². The van der Waals surface area contributed by atoms with Crippen molar-refractivity contribution in [3.63, 3.8) is 0 Å². The van der Waals surface area contributed by atoms with Crippen molar-refractivity contribution in [2.24, 2.45) is 0 Å². The highest BCUT2D eigenvalue weighted by atomic mass is 32.1. The average Bonchev–Trinajstić information content (AvgIpc) is 2.88. The molecule has 0 aliphatic rings. The van der Waals surface area contributed by atoms with Crippen LogP contribution in [-0.4, -0.2) is 4.98 Å². The first kappa shape index (κ1) is 12.2. The molecule has 2 aromatic carbocycles. The van der Waals surface area contributed by atoms with Gasteiger partial charge in [-0.25, -0.2) is 4.98 Å². The highest BCUT2D eigenvalue weighted by Gasteiger charge is 2.04. The van der Waals surface area contributed by atoms with E-state index in [-0.39, 0.29) is 0 Å². The quantitative estimate of drug-likeness (QED) is 0.698. The zero-order valence-corrected chi connectivity index (χ0v) is 11.6. The first-order valence-electron chi connectivity index (χ1n) is 6.41. The van der Waals surface area contributed by atoms with Crippen molar-refractivity contribution in [1.29, 1.82) is 0 Å². The second-order valence-corrected chi connectivity index (χ2v) is 5.48. The molecule has 0 spiro atoms. The summed E-state index contributed by atoms with van der Waals surface area (Å²) in [6, 6.07) is 16.4. The lowest BCUT2D eigenvalue weighted by molar-refractivity contribution is 0.305. The number of aryl methyl sites for hydroxylation is 1. The summed E-state index contributed by atoms with van der Waals surface area (Å²) in [6.45, 7) is 2.68. The second kappa shape index (κ2) is 5.41. The summed E-state index contributed by atoms with van der Waals surface area (Å²) in [7, 11) is 0. The third-order valence-corrected chi connectivity index (χ3v) is 4.02. The van der Waals surface area contributed by atoms with Gasteiger partial charge in [-0.2, -0.15) is 0 Å². The standard InChI is InChI=1S/C16H15NOS/c1-2-12-6-5-7-13(10-12)18-11-16-17-14-8-3-4-9-15(14)19-16/h3-10H,2,11H2,1H3. The molecule has 0 bridgehead atoms. The average molecular weight is 269 g/mol. The number of para-hydroxylation sites is 1. The number of rotatable bonds is 4. The Bertz CT molecular complexity index is 657. The highest BCUT2D eigenvalue weighted by molar-refractivity contribution is 7.18. The molecule has 0 N–H and O–H groups in total. The Morgan fingerprint density at radius 3 is 2.84 bits per heavy atom. The first-order chi connectivity index (χ1) is 9.35. The Labute approximate surface area is 116 Å². The third-order valence-electron chi connectivity index (χ3n) is 3.01. The van der Waals surface area contributed by atoms with E-state index in [2.05, 4.69) is 30.1 Å². The summed E-state index contributed by atoms with van der Waals surface area (Å²) in [5.74, 6) is 0.915. The molecule has 0 saturated carbocycles. The molecule has 0 unspecified atom stereocenters. The predicted octanol–water partition coefficient (Wildman–Crippen LogP) is 4.44. The Kier molecular flexibility index (Phi) is 3.47. The molecule has 0 fully saturated rings. The van der Waals surface area contributed by atoms with Crippen molar-refractivity contribution in [1.82, 2.24) is 4.98 Å². The molecule has 3 heteroatoms. The van der Waals surface area contributed by atoms with Crippen LogP contribution in [0.1, 0.15) is 17.5 Å². The second-order valence-electron chi connectivity index (χ2n) is 4.36. The van der Waals surface area contributed by atoms with E-state index in [0.717, 1.165) is 22.7 Å². The van der Waals surface area contributed by atoms with Crippen LogP contribution in [-0.2, 0) is 13.0 Å². The maximum absolute atomic E-state index is 5.81. The largest absolute Gasteiger partial charge is 0.486 e. The highest BCUT2D eigenvalue weighted by Crippen LogP contribution is 2.23. The van der Waals surface area contributed by atoms with Crippen molar-refractivity contribution < 1.29 is 4.74 Å². The minimum atomic E-state index is 0.534. The van der Waals surface area contributed by atoms with E-state index in [4.69, 9.17) is 4.74 Å². The summed E-state index contributed by atoms with van der Waals surface area (Å²) < 4.78 is 7.02. The van der Waals surface area contributed by atoms with E-state index in [9.17, 15) is 0 Å². The Morgan fingerprint density at radius 2 is 2.00 bits per heavy atom. The zero-order chi connectivity index (χ0) is 13.1. The van der Waals surface area contributed by atoms with E-state index in [1.54, 1.807) is 11.3 Å². The minimum Gasteiger partial charge on any atom is -0.486 e. The summed E-state index contributed by atoms with van der Waals surface area (Å²) in [4.78, 5) is 4.56.